The Morgan fingerprint density at radius 3 is 2.87 bits per heavy atom. The molecule has 78 valence electrons. The molecule has 0 saturated heterocycles. The third kappa shape index (κ3) is 2.14. The van der Waals surface area contributed by atoms with Crippen molar-refractivity contribution < 1.29 is 4.39 Å². The zero-order chi connectivity index (χ0) is 10.8. The van der Waals surface area contributed by atoms with Crippen molar-refractivity contribution in [3.8, 4) is 10.6 Å². The Hall–Kier alpha value is -0.640. The molecule has 0 unspecified atom stereocenters. The third-order valence-electron chi connectivity index (χ3n) is 1.87. The average Bonchev–Trinajstić information content (AvgIpc) is 2.70. The molecule has 0 aliphatic heterocycles. The van der Waals surface area contributed by atoms with Gasteiger partial charge in [-0.05, 0) is 12.1 Å². The van der Waals surface area contributed by atoms with Crippen LogP contribution in [0, 0.1) is 5.82 Å². The van der Waals surface area contributed by atoms with Crippen LogP contribution < -0.4 is 0 Å². The highest BCUT2D eigenvalue weighted by molar-refractivity contribution is 7.15. The van der Waals surface area contributed by atoms with Crippen molar-refractivity contribution in [2.45, 2.75) is 5.88 Å². The second-order valence-corrected chi connectivity index (χ2v) is 4.66. The first-order valence-corrected chi connectivity index (χ1v) is 5.90. The Bertz CT molecular complexity index is 484. The van der Waals surface area contributed by atoms with Crippen molar-refractivity contribution in [3.05, 3.63) is 40.1 Å². The third-order valence-corrected chi connectivity index (χ3v) is 3.64. The molecule has 1 heterocycles. The smallest absolute Gasteiger partial charge is 0.152 e. The second kappa shape index (κ2) is 4.47. The summed E-state index contributed by atoms with van der Waals surface area (Å²) in [7, 11) is 0. The zero-order valence-electron chi connectivity index (χ0n) is 7.51. The molecule has 0 saturated carbocycles. The summed E-state index contributed by atoms with van der Waals surface area (Å²) in [5, 5.41) is 0.709. The lowest BCUT2D eigenvalue weighted by Crippen LogP contribution is -1.83. The van der Waals surface area contributed by atoms with Crippen molar-refractivity contribution in [3.63, 3.8) is 0 Å². The number of hydrogen-bond acceptors (Lipinski definition) is 2. The van der Waals surface area contributed by atoms with E-state index in [1.807, 2.05) is 0 Å². The molecule has 1 aromatic carbocycles. The van der Waals surface area contributed by atoms with Gasteiger partial charge in [-0.15, -0.1) is 22.9 Å². The van der Waals surface area contributed by atoms with Gasteiger partial charge in [-0.3, -0.25) is 0 Å². The minimum atomic E-state index is -0.436. The van der Waals surface area contributed by atoms with E-state index in [9.17, 15) is 4.39 Å². The molecule has 0 atom stereocenters. The van der Waals surface area contributed by atoms with Gasteiger partial charge in [0.1, 0.15) is 5.01 Å². The highest BCUT2D eigenvalue weighted by Crippen LogP contribution is 2.30. The van der Waals surface area contributed by atoms with Gasteiger partial charge >= 0.3 is 0 Å². The quantitative estimate of drug-likeness (QED) is 0.733. The van der Waals surface area contributed by atoms with E-state index < -0.39 is 5.82 Å². The van der Waals surface area contributed by atoms with E-state index in [0.29, 0.717) is 16.5 Å². The molecule has 0 N–H and O–H groups in total. The summed E-state index contributed by atoms with van der Waals surface area (Å²) in [4.78, 5) is 5.00. The normalized spacial score (nSPS) is 10.6. The number of benzene rings is 1. The van der Waals surface area contributed by atoms with E-state index in [4.69, 9.17) is 23.2 Å². The fraction of sp³-hybridized carbons (Fsp3) is 0.100. The summed E-state index contributed by atoms with van der Waals surface area (Å²) in [6, 6.07) is 4.86. The minimum Gasteiger partial charge on any atom is -0.244 e. The Morgan fingerprint density at radius 2 is 2.20 bits per heavy atom. The maximum Gasteiger partial charge on any atom is 0.152 e. The van der Waals surface area contributed by atoms with Gasteiger partial charge in [0.25, 0.3) is 0 Å². The van der Waals surface area contributed by atoms with Gasteiger partial charge < -0.3 is 0 Å². The maximum atomic E-state index is 13.6. The molecular weight excluding hydrogens is 256 g/mol. The first-order valence-electron chi connectivity index (χ1n) is 4.17. The summed E-state index contributed by atoms with van der Waals surface area (Å²) < 4.78 is 13.6. The number of aromatic nitrogens is 1. The van der Waals surface area contributed by atoms with Gasteiger partial charge in [0, 0.05) is 16.6 Å². The predicted molar refractivity (Wildman–Crippen MR) is 62.1 cm³/mol. The molecule has 0 aliphatic carbocycles. The number of hydrogen-bond donors (Lipinski definition) is 0. The van der Waals surface area contributed by atoms with Gasteiger partial charge in [0.05, 0.1) is 10.9 Å². The van der Waals surface area contributed by atoms with Gasteiger partial charge in [0.2, 0.25) is 0 Å². The van der Waals surface area contributed by atoms with Crippen LogP contribution >= 0.6 is 34.5 Å². The number of halogens is 3. The molecule has 0 fully saturated rings. The van der Waals surface area contributed by atoms with Crippen LogP contribution in [0.4, 0.5) is 4.39 Å². The van der Waals surface area contributed by atoms with E-state index in [2.05, 4.69) is 4.98 Å². The lowest BCUT2D eigenvalue weighted by atomic mass is 10.2. The van der Waals surface area contributed by atoms with E-state index in [0.717, 1.165) is 4.88 Å². The van der Waals surface area contributed by atoms with Gasteiger partial charge in [-0.2, -0.15) is 0 Å². The Balaban J connectivity index is 2.49. The van der Waals surface area contributed by atoms with E-state index in [1.165, 1.54) is 17.4 Å². The van der Waals surface area contributed by atoms with Gasteiger partial charge in [0.15, 0.2) is 5.82 Å². The molecular formula is C10H6Cl2FNS. The molecule has 2 aromatic rings. The molecule has 0 bridgehead atoms. The van der Waals surface area contributed by atoms with Crippen molar-refractivity contribution in [1.82, 2.24) is 4.98 Å². The first-order chi connectivity index (χ1) is 7.22. The van der Waals surface area contributed by atoms with Crippen molar-refractivity contribution >= 4 is 34.5 Å². The number of nitrogens with zero attached hydrogens (tertiary/aromatic N) is 1. The highest BCUT2D eigenvalue weighted by Gasteiger charge is 2.11. The maximum absolute atomic E-state index is 13.6. The molecule has 15 heavy (non-hydrogen) atoms. The summed E-state index contributed by atoms with van der Waals surface area (Å²) in [6.45, 7) is 0. The number of thiazole rings is 1. The van der Waals surface area contributed by atoms with Crippen LogP contribution in [0.15, 0.2) is 24.4 Å². The minimum absolute atomic E-state index is 0.107. The van der Waals surface area contributed by atoms with Crippen LogP contribution in [-0.4, -0.2) is 4.98 Å². The van der Waals surface area contributed by atoms with Crippen LogP contribution in [0.5, 0.6) is 0 Å². The van der Waals surface area contributed by atoms with Gasteiger partial charge in [-0.25, -0.2) is 9.37 Å². The Labute approximate surface area is 100 Å². The Morgan fingerprint density at radius 1 is 1.40 bits per heavy atom. The van der Waals surface area contributed by atoms with Crippen LogP contribution in [0.3, 0.4) is 0 Å². The van der Waals surface area contributed by atoms with E-state index in [1.54, 1.807) is 18.3 Å². The standard InChI is InChI=1S/C10H6Cl2FNS/c11-4-6-5-14-10(15-6)7-2-1-3-8(12)9(7)13/h1-3,5H,4H2. The average molecular weight is 262 g/mol. The monoisotopic (exact) mass is 261 g/mol. The van der Waals surface area contributed by atoms with Crippen LogP contribution in [0.2, 0.25) is 5.02 Å². The zero-order valence-corrected chi connectivity index (χ0v) is 9.83. The molecule has 1 nitrogen and oxygen atoms in total. The fourth-order valence-electron chi connectivity index (χ4n) is 1.16. The lowest BCUT2D eigenvalue weighted by molar-refractivity contribution is 0.631. The van der Waals surface area contributed by atoms with Crippen LogP contribution in [0.25, 0.3) is 10.6 Å². The van der Waals surface area contributed by atoms with Crippen LogP contribution in [-0.2, 0) is 5.88 Å². The van der Waals surface area contributed by atoms with Crippen molar-refractivity contribution in [2.24, 2.45) is 0 Å². The van der Waals surface area contributed by atoms with E-state index in [-0.39, 0.29) is 5.02 Å². The molecule has 0 amide bonds. The topological polar surface area (TPSA) is 12.9 Å². The predicted octanol–water partition coefficient (Wildman–Crippen LogP) is 4.34. The Kier molecular flexibility index (Phi) is 3.24. The van der Waals surface area contributed by atoms with Crippen LogP contribution in [0.1, 0.15) is 4.88 Å². The van der Waals surface area contributed by atoms with Crippen molar-refractivity contribution in [1.29, 1.82) is 0 Å². The summed E-state index contributed by atoms with van der Waals surface area (Å²) in [6.07, 6.45) is 1.65. The lowest BCUT2D eigenvalue weighted by Gasteiger charge is -1.99. The summed E-state index contributed by atoms with van der Waals surface area (Å²) >= 11 is 12.7. The number of rotatable bonds is 2. The summed E-state index contributed by atoms with van der Waals surface area (Å²) in [5.74, 6) is -0.0468. The number of alkyl halides is 1. The second-order valence-electron chi connectivity index (χ2n) is 2.87. The molecule has 2 rings (SSSR count). The molecule has 0 radical (unpaired) electrons. The van der Waals surface area contributed by atoms with Gasteiger partial charge in [-0.1, -0.05) is 17.7 Å². The SMILES string of the molecule is Fc1c(Cl)cccc1-c1ncc(CCl)s1. The fourth-order valence-corrected chi connectivity index (χ4v) is 2.35. The molecule has 5 heteroatoms. The first kappa shape index (κ1) is 10.9. The van der Waals surface area contributed by atoms with E-state index >= 15 is 0 Å². The molecule has 0 aliphatic rings. The largest absolute Gasteiger partial charge is 0.244 e. The highest BCUT2D eigenvalue weighted by atomic mass is 35.5. The summed E-state index contributed by atoms with van der Waals surface area (Å²) in [5.41, 5.74) is 0.420. The molecule has 0 spiro atoms. The molecule has 1 aromatic heterocycles. The van der Waals surface area contributed by atoms with Crippen molar-refractivity contribution in [2.75, 3.05) is 0 Å².